The minimum Gasteiger partial charge on any atom is -0.324 e. The van der Waals surface area contributed by atoms with E-state index in [0.29, 0.717) is 18.2 Å². The molecule has 0 spiro atoms. The van der Waals surface area contributed by atoms with Crippen LogP contribution in [0.4, 0.5) is 37.7 Å². The first-order valence-corrected chi connectivity index (χ1v) is 10.3. The second-order valence-corrected chi connectivity index (χ2v) is 8.63. The fraction of sp³-hybridized carbons (Fsp3) is 0.188. The fourth-order valence-electron chi connectivity index (χ4n) is 2.21. The van der Waals surface area contributed by atoms with E-state index >= 15 is 0 Å². The first-order chi connectivity index (χ1) is 14.2. The maximum Gasteiger partial charge on any atom is 0.446 e. The summed E-state index contributed by atoms with van der Waals surface area (Å²) < 4.78 is 88.1. The summed E-state index contributed by atoms with van der Waals surface area (Å²) in [6, 6.07) is 4.34. The molecule has 15 heteroatoms. The number of thioether (sulfide) groups is 1. The number of nitrogens with zero attached hydrogens (tertiary/aromatic N) is 1. The number of rotatable bonds is 6. The van der Waals surface area contributed by atoms with Crippen molar-refractivity contribution >= 4 is 51.4 Å². The molecule has 31 heavy (non-hydrogen) atoms. The predicted molar refractivity (Wildman–Crippen MR) is 101 cm³/mol. The van der Waals surface area contributed by atoms with Gasteiger partial charge >= 0.3 is 11.7 Å². The number of benzene rings is 2. The monoisotopic (exact) mass is 506 g/mol. The third kappa shape index (κ3) is 7.11. The second-order valence-electron chi connectivity index (χ2n) is 5.66. The first kappa shape index (κ1) is 24.9. The quantitative estimate of drug-likeness (QED) is 0.237. The van der Waals surface area contributed by atoms with E-state index in [4.69, 9.17) is 11.6 Å². The van der Waals surface area contributed by atoms with Crippen molar-refractivity contribution in [3.05, 3.63) is 57.1 Å². The summed E-state index contributed by atoms with van der Waals surface area (Å²) >= 11 is 5.12. The number of carbonyl (C=O) groups excluding carboxylic acids is 1. The number of nitro benzene ring substituents is 1. The number of anilines is 1. The lowest BCUT2D eigenvalue weighted by atomic mass is 10.2. The number of nitro groups is 1. The Hall–Kier alpha value is -2.32. The molecule has 0 unspecified atom stereocenters. The van der Waals surface area contributed by atoms with Crippen molar-refractivity contribution in [2.75, 3.05) is 11.1 Å². The summed E-state index contributed by atoms with van der Waals surface area (Å²) in [5.41, 5.74) is -7.15. The number of amides is 1. The Labute approximate surface area is 181 Å². The molecule has 0 radical (unpaired) electrons. The summed E-state index contributed by atoms with van der Waals surface area (Å²) in [5, 5.41) is 12.9. The van der Waals surface area contributed by atoms with Gasteiger partial charge in [0.15, 0.2) is 0 Å². The van der Waals surface area contributed by atoms with Crippen molar-refractivity contribution in [3.63, 3.8) is 0 Å². The number of carbonyl (C=O) groups is 1. The molecule has 0 fully saturated rings. The zero-order valence-electron chi connectivity index (χ0n) is 14.7. The van der Waals surface area contributed by atoms with Crippen molar-refractivity contribution in [1.29, 1.82) is 0 Å². The molecule has 0 aromatic heterocycles. The molecule has 0 aliphatic heterocycles. The zero-order chi connectivity index (χ0) is 23.6. The van der Waals surface area contributed by atoms with Gasteiger partial charge < -0.3 is 5.32 Å². The maximum atomic E-state index is 12.8. The average molecular weight is 507 g/mol. The van der Waals surface area contributed by atoms with Crippen molar-refractivity contribution < 1.29 is 40.3 Å². The van der Waals surface area contributed by atoms with Crippen LogP contribution in [0.2, 0.25) is 5.02 Å². The van der Waals surface area contributed by atoms with Crippen LogP contribution in [0.1, 0.15) is 5.56 Å². The Morgan fingerprint density at radius 1 is 1.13 bits per heavy atom. The van der Waals surface area contributed by atoms with Crippen molar-refractivity contribution in [3.8, 4) is 0 Å². The summed E-state index contributed by atoms with van der Waals surface area (Å²) in [6.45, 7) is 0. The normalized spacial score (nSPS) is 13.0. The van der Waals surface area contributed by atoms with E-state index in [9.17, 15) is 45.5 Å². The predicted octanol–water partition coefficient (Wildman–Crippen LogP) is 5.63. The maximum absolute atomic E-state index is 12.8. The highest BCUT2D eigenvalue weighted by molar-refractivity contribution is 8.00. The summed E-state index contributed by atoms with van der Waals surface area (Å²) in [5.74, 6) is -2.00. The van der Waals surface area contributed by atoms with E-state index in [-0.39, 0.29) is 5.02 Å². The lowest BCUT2D eigenvalue weighted by Crippen LogP contribution is -2.20. The van der Waals surface area contributed by atoms with Gasteiger partial charge in [-0.25, -0.2) is 0 Å². The lowest BCUT2D eigenvalue weighted by molar-refractivity contribution is -0.388. The van der Waals surface area contributed by atoms with E-state index in [0.717, 1.165) is 18.2 Å². The van der Waals surface area contributed by atoms with Crippen LogP contribution < -0.4 is 5.32 Å². The topological polar surface area (TPSA) is 89.3 Å². The second kappa shape index (κ2) is 9.44. The van der Waals surface area contributed by atoms with Gasteiger partial charge in [0.2, 0.25) is 5.91 Å². The van der Waals surface area contributed by atoms with Gasteiger partial charge in [0.1, 0.15) is 10.6 Å². The van der Waals surface area contributed by atoms with Gasteiger partial charge in [-0.1, -0.05) is 11.6 Å². The molecule has 0 heterocycles. The number of halogens is 7. The van der Waals surface area contributed by atoms with Crippen LogP contribution in [0.3, 0.4) is 0 Å². The highest BCUT2D eigenvalue weighted by Crippen LogP contribution is 2.39. The summed E-state index contributed by atoms with van der Waals surface area (Å²) in [7, 11) is -2.39. The number of alkyl halides is 6. The largest absolute Gasteiger partial charge is 0.446 e. The minimum absolute atomic E-state index is 0.244. The van der Waals surface area contributed by atoms with Crippen LogP contribution in [0, 0.1) is 10.1 Å². The van der Waals surface area contributed by atoms with Gasteiger partial charge in [0.05, 0.1) is 32.0 Å². The molecular formula is C16H9ClF6N2O4S2. The molecule has 0 bridgehead atoms. The van der Waals surface area contributed by atoms with E-state index in [2.05, 4.69) is 0 Å². The van der Waals surface area contributed by atoms with E-state index in [1.54, 1.807) is 0 Å². The molecule has 1 amide bonds. The molecule has 1 N–H and O–H groups in total. The van der Waals surface area contributed by atoms with Crippen LogP contribution in [-0.4, -0.2) is 26.3 Å². The first-order valence-electron chi connectivity index (χ1n) is 7.76. The summed E-state index contributed by atoms with van der Waals surface area (Å²) in [4.78, 5) is 21.1. The Morgan fingerprint density at radius 3 is 2.32 bits per heavy atom. The Bertz CT molecular complexity index is 1050. The molecule has 2 aromatic rings. The SMILES string of the molecule is O=C(C[S@](=O)c1ccc(SC(F)(F)F)cc1[N+](=O)[O-])Nc1cc(C(F)(F)F)ccc1Cl. The van der Waals surface area contributed by atoms with Crippen molar-refractivity contribution in [1.82, 2.24) is 0 Å². The Morgan fingerprint density at radius 2 is 1.77 bits per heavy atom. The van der Waals surface area contributed by atoms with Gasteiger partial charge in [0.25, 0.3) is 5.69 Å². The zero-order valence-corrected chi connectivity index (χ0v) is 17.1. The highest BCUT2D eigenvalue weighted by Gasteiger charge is 2.32. The smallest absolute Gasteiger partial charge is 0.324 e. The third-order valence-corrected chi connectivity index (χ3v) is 5.85. The fourth-order valence-corrected chi connectivity index (χ4v) is 4.00. The molecule has 0 aliphatic rings. The highest BCUT2D eigenvalue weighted by atomic mass is 35.5. The lowest BCUT2D eigenvalue weighted by Gasteiger charge is -2.12. The summed E-state index contributed by atoms with van der Waals surface area (Å²) in [6.07, 6.45) is -4.72. The molecule has 0 saturated heterocycles. The van der Waals surface area contributed by atoms with E-state index in [1.165, 1.54) is 0 Å². The standard InChI is InChI=1S/C16H9ClF6N2O4S2/c17-10-3-1-8(15(18,19)20)5-11(10)24-14(26)7-31(29)13-4-2-9(30-16(21,22)23)6-12(13)25(27)28/h1-6H,7H2,(H,24,26)/t31-/m0/s1. The molecule has 0 aliphatic carbocycles. The Balaban J connectivity index is 2.22. The van der Waals surface area contributed by atoms with Crippen LogP contribution in [0.25, 0.3) is 0 Å². The van der Waals surface area contributed by atoms with Crippen molar-refractivity contribution in [2.24, 2.45) is 0 Å². The van der Waals surface area contributed by atoms with Crippen LogP contribution in [0.15, 0.2) is 46.2 Å². The number of nitrogens with one attached hydrogen (secondary N) is 1. The molecule has 6 nitrogen and oxygen atoms in total. The average Bonchev–Trinajstić information content (AvgIpc) is 2.61. The van der Waals surface area contributed by atoms with E-state index in [1.807, 2.05) is 5.32 Å². The van der Waals surface area contributed by atoms with Gasteiger partial charge in [-0.15, -0.1) is 0 Å². The van der Waals surface area contributed by atoms with Crippen LogP contribution >= 0.6 is 23.4 Å². The van der Waals surface area contributed by atoms with Gasteiger partial charge in [-0.3, -0.25) is 19.1 Å². The third-order valence-electron chi connectivity index (χ3n) is 3.44. The van der Waals surface area contributed by atoms with E-state index < -0.39 is 77.6 Å². The minimum atomic E-state index is -4.72. The van der Waals surface area contributed by atoms with Crippen molar-refractivity contribution in [2.45, 2.75) is 21.5 Å². The van der Waals surface area contributed by atoms with Gasteiger partial charge in [0, 0.05) is 11.0 Å². The molecule has 1 atom stereocenters. The molecule has 2 aromatic carbocycles. The number of hydrogen-bond donors (Lipinski definition) is 1. The molecular weight excluding hydrogens is 498 g/mol. The Kier molecular flexibility index (Phi) is 7.60. The van der Waals surface area contributed by atoms with Crippen LogP contribution in [-0.2, 0) is 21.8 Å². The number of hydrogen-bond acceptors (Lipinski definition) is 5. The molecule has 0 saturated carbocycles. The molecule has 2 rings (SSSR count). The van der Waals surface area contributed by atoms with Gasteiger partial charge in [-0.05, 0) is 42.1 Å². The van der Waals surface area contributed by atoms with Gasteiger partial charge in [-0.2, -0.15) is 26.3 Å². The molecule has 168 valence electrons. The van der Waals surface area contributed by atoms with Crippen LogP contribution in [0.5, 0.6) is 0 Å².